The summed E-state index contributed by atoms with van der Waals surface area (Å²) < 4.78 is 6.79. The Kier molecular flexibility index (Phi) is 4.47. The fourth-order valence-electron chi connectivity index (χ4n) is 3.34. The number of fused-ring (bicyclic) bond motifs is 1. The van der Waals surface area contributed by atoms with Gasteiger partial charge in [-0.3, -0.25) is 0 Å². The van der Waals surface area contributed by atoms with E-state index in [4.69, 9.17) is 9.84 Å². The maximum Gasteiger partial charge on any atom is 0.337 e. The van der Waals surface area contributed by atoms with Gasteiger partial charge in [-0.15, -0.1) is 0 Å². The molecule has 0 fully saturated rings. The van der Waals surface area contributed by atoms with Gasteiger partial charge in [0.15, 0.2) is 0 Å². The molecule has 134 valence electrons. The first-order valence-electron chi connectivity index (χ1n) is 8.86. The number of ether oxygens (including phenoxy) is 1. The van der Waals surface area contributed by atoms with E-state index >= 15 is 0 Å². The minimum atomic E-state index is -0.323. The molecule has 0 saturated carbocycles. The number of rotatable bonds is 4. The Morgan fingerprint density at radius 1 is 1.04 bits per heavy atom. The van der Waals surface area contributed by atoms with Gasteiger partial charge >= 0.3 is 5.97 Å². The first-order chi connectivity index (χ1) is 13.2. The predicted molar refractivity (Wildman–Crippen MR) is 106 cm³/mol. The topological polar surface area (TPSA) is 43.6 Å². The third-order valence-corrected chi connectivity index (χ3v) is 4.66. The highest BCUT2D eigenvalue weighted by Gasteiger charge is 2.16. The molecule has 2 aromatic heterocycles. The van der Waals surface area contributed by atoms with Crippen molar-refractivity contribution in [2.45, 2.75) is 13.3 Å². The molecular weight excluding hydrogens is 336 g/mol. The minimum Gasteiger partial charge on any atom is -0.465 e. The summed E-state index contributed by atoms with van der Waals surface area (Å²) in [5.41, 5.74) is 7.02. The third-order valence-electron chi connectivity index (χ3n) is 4.66. The Hall–Kier alpha value is -3.40. The number of hydrogen-bond donors (Lipinski definition) is 0. The fraction of sp³-hybridized carbons (Fsp3) is 0.130. The van der Waals surface area contributed by atoms with E-state index in [0.717, 1.165) is 33.5 Å². The summed E-state index contributed by atoms with van der Waals surface area (Å²) in [4.78, 5) is 11.9. The van der Waals surface area contributed by atoms with Gasteiger partial charge in [0.25, 0.3) is 0 Å². The van der Waals surface area contributed by atoms with Crippen molar-refractivity contribution in [3.63, 3.8) is 0 Å². The van der Waals surface area contributed by atoms with Gasteiger partial charge in [-0.1, -0.05) is 48.5 Å². The molecule has 2 aromatic carbocycles. The van der Waals surface area contributed by atoms with Gasteiger partial charge < -0.3 is 4.74 Å². The molecular formula is C23H20N2O2. The van der Waals surface area contributed by atoms with Crippen LogP contribution in [0.2, 0.25) is 0 Å². The van der Waals surface area contributed by atoms with Gasteiger partial charge in [0.1, 0.15) is 0 Å². The SMILES string of the molecule is COC(=O)c1cccc(Cc2c(-c3ccccc3)nn3cc(C)ccc23)c1. The maximum atomic E-state index is 11.9. The van der Waals surface area contributed by atoms with Crippen molar-refractivity contribution in [3.05, 3.63) is 95.2 Å². The number of pyridine rings is 1. The standard InChI is InChI=1S/C23H20N2O2/c1-16-11-12-21-20(14-17-7-6-10-19(13-17)23(26)27-2)22(24-25(21)15-16)18-8-4-3-5-9-18/h3-13,15H,14H2,1-2H3. The first-order valence-corrected chi connectivity index (χ1v) is 8.86. The van der Waals surface area contributed by atoms with E-state index < -0.39 is 0 Å². The summed E-state index contributed by atoms with van der Waals surface area (Å²) in [6.45, 7) is 2.06. The van der Waals surface area contributed by atoms with Crippen LogP contribution >= 0.6 is 0 Å². The Labute approximate surface area is 158 Å². The number of methoxy groups -OCH3 is 1. The van der Waals surface area contributed by atoms with Crippen LogP contribution in [0.5, 0.6) is 0 Å². The predicted octanol–water partition coefficient (Wildman–Crippen LogP) is 4.69. The van der Waals surface area contributed by atoms with Gasteiger partial charge in [-0.25, -0.2) is 9.31 Å². The molecule has 0 bridgehead atoms. The number of esters is 1. The lowest BCUT2D eigenvalue weighted by Gasteiger charge is -2.06. The number of benzene rings is 2. The summed E-state index contributed by atoms with van der Waals surface area (Å²) in [7, 11) is 1.40. The lowest BCUT2D eigenvalue weighted by atomic mass is 9.98. The van der Waals surface area contributed by atoms with Crippen molar-refractivity contribution in [2.75, 3.05) is 7.11 Å². The lowest BCUT2D eigenvalue weighted by molar-refractivity contribution is 0.0600. The van der Waals surface area contributed by atoms with E-state index in [-0.39, 0.29) is 5.97 Å². The number of nitrogens with zero attached hydrogens (tertiary/aromatic N) is 2. The molecule has 0 saturated heterocycles. The molecule has 0 aliphatic heterocycles. The van der Waals surface area contributed by atoms with Crippen LogP contribution in [0, 0.1) is 6.92 Å². The quantitative estimate of drug-likeness (QED) is 0.498. The zero-order valence-corrected chi connectivity index (χ0v) is 15.3. The first kappa shape index (κ1) is 17.0. The van der Waals surface area contributed by atoms with Crippen LogP contribution in [0.15, 0.2) is 72.9 Å². The average Bonchev–Trinajstić information content (AvgIpc) is 3.05. The molecule has 0 spiro atoms. The molecule has 4 aromatic rings. The van der Waals surface area contributed by atoms with Crippen LogP contribution < -0.4 is 0 Å². The van der Waals surface area contributed by atoms with E-state index in [1.165, 1.54) is 7.11 Å². The number of aromatic nitrogens is 2. The molecule has 4 heteroatoms. The average molecular weight is 356 g/mol. The number of hydrogen-bond acceptors (Lipinski definition) is 3. The molecule has 4 rings (SSSR count). The summed E-state index contributed by atoms with van der Waals surface area (Å²) in [6.07, 6.45) is 2.72. The van der Waals surface area contributed by atoms with Crippen LogP contribution in [0.25, 0.3) is 16.8 Å². The molecule has 0 radical (unpaired) electrons. The number of aryl methyl sites for hydroxylation is 1. The molecule has 2 heterocycles. The van der Waals surface area contributed by atoms with E-state index in [9.17, 15) is 4.79 Å². The number of carbonyl (C=O) groups excluding carboxylic acids is 1. The molecule has 0 N–H and O–H groups in total. The highest BCUT2D eigenvalue weighted by atomic mass is 16.5. The van der Waals surface area contributed by atoms with Gasteiger partial charge in [0.05, 0.1) is 23.9 Å². The highest BCUT2D eigenvalue weighted by Crippen LogP contribution is 2.29. The molecule has 0 unspecified atom stereocenters. The molecule has 27 heavy (non-hydrogen) atoms. The van der Waals surface area contributed by atoms with Crippen molar-refractivity contribution >= 4 is 11.5 Å². The van der Waals surface area contributed by atoms with Crippen LogP contribution in [0.4, 0.5) is 0 Å². The van der Waals surface area contributed by atoms with E-state index in [2.05, 4.69) is 31.2 Å². The van der Waals surface area contributed by atoms with Crippen molar-refractivity contribution in [1.82, 2.24) is 9.61 Å². The number of carbonyl (C=O) groups is 1. The minimum absolute atomic E-state index is 0.323. The Balaban J connectivity index is 1.84. The summed E-state index contributed by atoms with van der Waals surface area (Å²) in [5.74, 6) is -0.323. The van der Waals surface area contributed by atoms with Crippen molar-refractivity contribution in [1.29, 1.82) is 0 Å². The summed E-state index contributed by atoms with van der Waals surface area (Å²) >= 11 is 0. The Bertz CT molecular complexity index is 1110. The van der Waals surface area contributed by atoms with E-state index in [1.54, 1.807) is 6.07 Å². The molecule has 4 nitrogen and oxygen atoms in total. The monoisotopic (exact) mass is 356 g/mol. The van der Waals surface area contributed by atoms with Crippen LogP contribution in [-0.2, 0) is 11.2 Å². The van der Waals surface area contributed by atoms with Crippen molar-refractivity contribution in [2.24, 2.45) is 0 Å². The molecule has 0 atom stereocenters. The second-order valence-electron chi connectivity index (χ2n) is 6.60. The van der Waals surface area contributed by atoms with Crippen molar-refractivity contribution < 1.29 is 9.53 Å². The second-order valence-corrected chi connectivity index (χ2v) is 6.60. The molecule has 0 amide bonds. The van der Waals surface area contributed by atoms with Gasteiger partial charge in [0.2, 0.25) is 0 Å². The highest BCUT2D eigenvalue weighted by molar-refractivity contribution is 5.89. The van der Waals surface area contributed by atoms with Crippen molar-refractivity contribution in [3.8, 4) is 11.3 Å². The third kappa shape index (κ3) is 3.34. The normalized spacial score (nSPS) is 10.9. The van der Waals surface area contributed by atoms with Crippen LogP contribution in [0.1, 0.15) is 27.0 Å². The Morgan fingerprint density at radius 3 is 2.63 bits per heavy atom. The Morgan fingerprint density at radius 2 is 1.85 bits per heavy atom. The lowest BCUT2D eigenvalue weighted by Crippen LogP contribution is -2.02. The van der Waals surface area contributed by atoms with E-state index in [1.807, 2.05) is 47.1 Å². The summed E-state index contributed by atoms with van der Waals surface area (Å²) in [6, 6.07) is 22.0. The summed E-state index contributed by atoms with van der Waals surface area (Å²) in [5, 5.41) is 4.84. The van der Waals surface area contributed by atoms with Crippen LogP contribution in [-0.4, -0.2) is 22.7 Å². The van der Waals surface area contributed by atoms with Gasteiger partial charge in [-0.2, -0.15) is 5.10 Å². The maximum absolute atomic E-state index is 11.9. The van der Waals surface area contributed by atoms with Gasteiger partial charge in [0, 0.05) is 23.7 Å². The smallest absolute Gasteiger partial charge is 0.337 e. The van der Waals surface area contributed by atoms with Gasteiger partial charge in [-0.05, 0) is 36.2 Å². The fourth-order valence-corrected chi connectivity index (χ4v) is 3.34. The largest absolute Gasteiger partial charge is 0.465 e. The second kappa shape index (κ2) is 7.08. The zero-order chi connectivity index (χ0) is 18.8. The van der Waals surface area contributed by atoms with Crippen LogP contribution in [0.3, 0.4) is 0 Å². The van der Waals surface area contributed by atoms with E-state index in [0.29, 0.717) is 12.0 Å². The zero-order valence-electron chi connectivity index (χ0n) is 15.3. The molecule has 0 aliphatic carbocycles. The molecule has 0 aliphatic rings.